The Bertz CT molecular complexity index is 140. The highest BCUT2D eigenvalue weighted by atomic mass is 16.7. The summed E-state index contributed by atoms with van der Waals surface area (Å²) in [6, 6.07) is 0. The Morgan fingerprint density at radius 1 is 1.09 bits per heavy atom. The molecule has 0 aromatic carbocycles. The summed E-state index contributed by atoms with van der Waals surface area (Å²) in [6.45, 7) is 7.77. The zero-order valence-corrected chi connectivity index (χ0v) is 7.55. The number of aliphatic hydroxyl groups excluding tert-OH is 1. The van der Waals surface area contributed by atoms with Gasteiger partial charge in [-0.2, -0.15) is 0 Å². The molecular formula is C7H15BO3. The SMILES string of the molecule is CC1(C)OB(CO)OC1(C)C. The van der Waals surface area contributed by atoms with Crippen molar-refractivity contribution in [2.24, 2.45) is 0 Å². The summed E-state index contributed by atoms with van der Waals surface area (Å²) in [5, 5.41) is 8.78. The molecule has 1 saturated heterocycles. The lowest BCUT2D eigenvalue weighted by molar-refractivity contribution is 0.00578. The lowest BCUT2D eigenvalue weighted by Crippen LogP contribution is -2.41. The van der Waals surface area contributed by atoms with Gasteiger partial charge in [-0.05, 0) is 27.7 Å². The van der Waals surface area contributed by atoms with Crippen molar-refractivity contribution in [3.8, 4) is 0 Å². The molecule has 1 fully saturated rings. The van der Waals surface area contributed by atoms with Gasteiger partial charge in [0.1, 0.15) is 0 Å². The zero-order chi connectivity index (χ0) is 8.70. The van der Waals surface area contributed by atoms with Crippen molar-refractivity contribution in [3.05, 3.63) is 0 Å². The Morgan fingerprint density at radius 3 is 1.64 bits per heavy atom. The van der Waals surface area contributed by atoms with E-state index in [0.717, 1.165) is 0 Å². The van der Waals surface area contributed by atoms with Crippen LogP contribution in [-0.4, -0.2) is 29.9 Å². The van der Waals surface area contributed by atoms with E-state index >= 15 is 0 Å². The highest BCUT2D eigenvalue weighted by molar-refractivity contribution is 6.45. The first-order chi connectivity index (χ1) is 4.89. The van der Waals surface area contributed by atoms with Gasteiger partial charge in [-0.1, -0.05) is 0 Å². The van der Waals surface area contributed by atoms with Crippen molar-refractivity contribution in [1.29, 1.82) is 0 Å². The smallest absolute Gasteiger partial charge is 0.402 e. The summed E-state index contributed by atoms with van der Waals surface area (Å²) < 4.78 is 10.9. The predicted molar refractivity (Wildman–Crippen MR) is 43.2 cm³/mol. The van der Waals surface area contributed by atoms with Crippen LogP contribution >= 0.6 is 0 Å². The second-order valence-electron chi connectivity index (χ2n) is 3.87. The van der Waals surface area contributed by atoms with E-state index in [4.69, 9.17) is 14.4 Å². The van der Waals surface area contributed by atoms with E-state index in [9.17, 15) is 0 Å². The molecular weight excluding hydrogens is 143 g/mol. The number of aliphatic hydroxyl groups is 1. The number of rotatable bonds is 1. The van der Waals surface area contributed by atoms with Crippen molar-refractivity contribution in [2.45, 2.75) is 38.9 Å². The van der Waals surface area contributed by atoms with Crippen LogP contribution in [0.4, 0.5) is 0 Å². The summed E-state index contributed by atoms with van der Waals surface area (Å²) in [6.07, 6.45) is 0. The topological polar surface area (TPSA) is 38.7 Å². The third kappa shape index (κ3) is 1.43. The van der Waals surface area contributed by atoms with Gasteiger partial charge in [0.05, 0.1) is 17.7 Å². The van der Waals surface area contributed by atoms with Crippen molar-refractivity contribution in [2.75, 3.05) is 6.51 Å². The molecule has 0 bridgehead atoms. The molecule has 0 unspecified atom stereocenters. The van der Waals surface area contributed by atoms with Gasteiger partial charge in [-0.3, -0.25) is 0 Å². The van der Waals surface area contributed by atoms with Gasteiger partial charge in [0.25, 0.3) is 0 Å². The Kier molecular flexibility index (Phi) is 2.03. The van der Waals surface area contributed by atoms with Gasteiger partial charge in [0, 0.05) is 0 Å². The largest absolute Gasteiger partial charge is 0.485 e. The molecule has 1 N–H and O–H groups in total. The van der Waals surface area contributed by atoms with Crippen LogP contribution in [0.15, 0.2) is 0 Å². The van der Waals surface area contributed by atoms with Gasteiger partial charge in [0.2, 0.25) is 0 Å². The van der Waals surface area contributed by atoms with Crippen molar-refractivity contribution >= 4 is 7.12 Å². The first-order valence-corrected chi connectivity index (χ1v) is 3.85. The molecule has 4 heteroatoms. The molecule has 11 heavy (non-hydrogen) atoms. The molecule has 1 aliphatic heterocycles. The maximum absolute atomic E-state index is 8.78. The maximum Gasteiger partial charge on any atom is 0.485 e. The monoisotopic (exact) mass is 158 g/mol. The summed E-state index contributed by atoms with van der Waals surface area (Å²) in [4.78, 5) is 0. The summed E-state index contributed by atoms with van der Waals surface area (Å²) in [5.74, 6) is 0. The van der Waals surface area contributed by atoms with Gasteiger partial charge in [-0.25, -0.2) is 0 Å². The van der Waals surface area contributed by atoms with Crippen LogP contribution in [-0.2, 0) is 9.31 Å². The van der Waals surface area contributed by atoms with Crippen LogP contribution in [0.2, 0.25) is 0 Å². The molecule has 0 aromatic heterocycles. The van der Waals surface area contributed by atoms with Crippen LogP contribution in [0.3, 0.4) is 0 Å². The van der Waals surface area contributed by atoms with Crippen molar-refractivity contribution in [1.82, 2.24) is 0 Å². The normalized spacial score (nSPS) is 27.5. The molecule has 1 aliphatic rings. The lowest BCUT2D eigenvalue weighted by atomic mass is 9.90. The molecule has 0 aliphatic carbocycles. The molecule has 0 saturated carbocycles. The van der Waals surface area contributed by atoms with Crippen LogP contribution < -0.4 is 0 Å². The minimum absolute atomic E-state index is 0.0765. The van der Waals surface area contributed by atoms with Gasteiger partial charge in [-0.15, -0.1) is 0 Å². The summed E-state index contributed by atoms with van der Waals surface area (Å²) in [7, 11) is -0.458. The molecule has 1 heterocycles. The van der Waals surface area contributed by atoms with E-state index in [1.807, 2.05) is 27.7 Å². The minimum Gasteiger partial charge on any atom is -0.402 e. The van der Waals surface area contributed by atoms with E-state index < -0.39 is 7.12 Å². The van der Waals surface area contributed by atoms with Gasteiger partial charge < -0.3 is 14.4 Å². The Labute approximate surface area is 67.8 Å². The summed E-state index contributed by atoms with van der Waals surface area (Å²) >= 11 is 0. The maximum atomic E-state index is 8.78. The molecule has 0 radical (unpaired) electrons. The molecule has 3 nitrogen and oxygen atoms in total. The third-order valence-corrected chi connectivity index (χ3v) is 2.45. The van der Waals surface area contributed by atoms with E-state index in [2.05, 4.69) is 0 Å². The first kappa shape index (κ1) is 9.04. The predicted octanol–water partition coefficient (Wildman–Crippen LogP) is 0.610. The molecule has 0 amide bonds. The van der Waals surface area contributed by atoms with Crippen molar-refractivity contribution < 1.29 is 14.4 Å². The second kappa shape index (κ2) is 2.47. The first-order valence-electron chi connectivity index (χ1n) is 3.85. The second-order valence-corrected chi connectivity index (χ2v) is 3.87. The van der Waals surface area contributed by atoms with E-state index in [-0.39, 0.29) is 17.7 Å². The van der Waals surface area contributed by atoms with Crippen LogP contribution in [0.1, 0.15) is 27.7 Å². The van der Waals surface area contributed by atoms with Gasteiger partial charge >= 0.3 is 7.12 Å². The van der Waals surface area contributed by atoms with E-state index in [1.165, 1.54) is 0 Å². The third-order valence-electron chi connectivity index (χ3n) is 2.45. The fourth-order valence-electron chi connectivity index (χ4n) is 1.04. The zero-order valence-electron chi connectivity index (χ0n) is 7.55. The van der Waals surface area contributed by atoms with Gasteiger partial charge in [0.15, 0.2) is 0 Å². The standard InChI is InChI=1S/C7H15BO3/c1-6(2)7(3,4)11-8(5-9)10-6/h9H,5H2,1-4H3. The Balaban J connectivity index is 2.72. The highest BCUT2D eigenvalue weighted by Crippen LogP contribution is 2.36. The average Bonchev–Trinajstić information content (AvgIpc) is 2.03. The molecule has 0 atom stereocenters. The summed E-state index contributed by atoms with van der Waals surface area (Å²) in [5.41, 5.74) is -0.638. The minimum atomic E-state index is -0.458. The molecule has 64 valence electrons. The molecule has 0 aromatic rings. The Morgan fingerprint density at radius 2 is 1.45 bits per heavy atom. The Hall–Kier alpha value is -0.0551. The van der Waals surface area contributed by atoms with Crippen molar-refractivity contribution in [3.63, 3.8) is 0 Å². The van der Waals surface area contributed by atoms with Crippen LogP contribution in [0, 0.1) is 0 Å². The number of hydrogen-bond donors (Lipinski definition) is 1. The van der Waals surface area contributed by atoms with Crippen LogP contribution in [0.25, 0.3) is 0 Å². The molecule has 0 spiro atoms. The molecule has 1 rings (SSSR count). The fourth-order valence-corrected chi connectivity index (χ4v) is 1.04. The van der Waals surface area contributed by atoms with E-state index in [0.29, 0.717) is 0 Å². The fraction of sp³-hybridized carbons (Fsp3) is 1.00. The number of hydrogen-bond acceptors (Lipinski definition) is 3. The lowest BCUT2D eigenvalue weighted by Gasteiger charge is -2.32. The van der Waals surface area contributed by atoms with E-state index in [1.54, 1.807) is 0 Å². The average molecular weight is 158 g/mol. The highest BCUT2D eigenvalue weighted by Gasteiger charge is 2.50. The quantitative estimate of drug-likeness (QED) is 0.568. The van der Waals surface area contributed by atoms with Crippen LogP contribution in [0.5, 0.6) is 0 Å².